The molecule has 2 aliphatic heterocycles. The highest BCUT2D eigenvalue weighted by molar-refractivity contribution is 6.36. The molecule has 2 aromatic heterocycles. The molecule has 2 atom stereocenters. The summed E-state index contributed by atoms with van der Waals surface area (Å²) in [5.74, 6) is -1.90. The van der Waals surface area contributed by atoms with Gasteiger partial charge in [-0.2, -0.15) is 9.97 Å². The molecule has 0 unspecified atom stereocenters. The second kappa shape index (κ2) is 14.6. The number of likely N-dealkylation sites (N-methyl/N-ethyl adjacent to an activating group) is 1. The van der Waals surface area contributed by atoms with E-state index in [1.807, 2.05) is 42.3 Å². The molecule has 3 aromatic carbocycles. The van der Waals surface area contributed by atoms with Crippen molar-refractivity contribution < 1.29 is 18.3 Å². The second-order valence-corrected chi connectivity index (χ2v) is 13.4. The normalized spacial score (nSPS) is 18.4. The Hall–Kier alpha value is -5.18. The summed E-state index contributed by atoms with van der Waals surface area (Å²) >= 11 is 6.63. The summed E-state index contributed by atoms with van der Waals surface area (Å²) in [7, 11) is 2.04. The molecule has 5 aromatic rings. The molecule has 0 N–H and O–H groups in total. The number of rotatable bonds is 8. The first-order valence-corrected chi connectivity index (χ1v) is 17.3. The average molecular weight is 708 g/mol. The van der Waals surface area contributed by atoms with Gasteiger partial charge in [-0.1, -0.05) is 54.1 Å². The van der Waals surface area contributed by atoms with E-state index in [0.717, 1.165) is 36.2 Å². The minimum atomic E-state index is -0.959. The van der Waals surface area contributed by atoms with Crippen LogP contribution in [0.25, 0.3) is 43.7 Å². The molecule has 0 radical (unpaired) electrons. The third-order valence-corrected chi connectivity index (χ3v) is 10.0. The van der Waals surface area contributed by atoms with E-state index < -0.39 is 23.6 Å². The van der Waals surface area contributed by atoms with Crippen molar-refractivity contribution in [2.45, 2.75) is 31.8 Å². The molecule has 260 valence electrons. The Balaban J connectivity index is 1.26. The SMILES string of the molecule is [C-]#[N+]C[C@H]1CN(c2nc(OC[C@@H]3CCCN3C)nc3c(F)c(-c4cccc5cccc(Cl)c45)ccc23)CCN1C(=O)/C(F)=C/c1cccc(C)n1. The zero-order chi connectivity index (χ0) is 35.6. The number of carbonyl (C=O) groups excluding carboxylic acids is 1. The Morgan fingerprint density at radius 1 is 1.02 bits per heavy atom. The molecule has 51 heavy (non-hydrogen) atoms. The molecule has 0 aliphatic carbocycles. The van der Waals surface area contributed by atoms with E-state index in [1.54, 1.807) is 43.3 Å². The summed E-state index contributed by atoms with van der Waals surface area (Å²) in [6.45, 7) is 11.2. The Labute approximate surface area is 299 Å². The van der Waals surface area contributed by atoms with Crippen LogP contribution in [0, 0.1) is 19.3 Å². The number of pyridine rings is 1. The summed E-state index contributed by atoms with van der Waals surface area (Å²) in [5, 5.41) is 2.57. The number of halogens is 3. The number of carbonyl (C=O) groups is 1. The van der Waals surface area contributed by atoms with Crippen molar-refractivity contribution in [2.24, 2.45) is 0 Å². The van der Waals surface area contributed by atoms with Gasteiger partial charge in [-0.25, -0.2) is 15.4 Å². The Bertz CT molecular complexity index is 2200. The number of hydrogen-bond acceptors (Lipinski definition) is 7. The van der Waals surface area contributed by atoms with Crippen LogP contribution in [-0.4, -0.2) is 89.1 Å². The lowest BCUT2D eigenvalue weighted by molar-refractivity contribution is -0.130. The third kappa shape index (κ3) is 6.94. The zero-order valence-electron chi connectivity index (χ0n) is 28.3. The maximum absolute atomic E-state index is 16.8. The van der Waals surface area contributed by atoms with E-state index in [1.165, 1.54) is 4.90 Å². The molecule has 4 heterocycles. The highest BCUT2D eigenvalue weighted by Crippen LogP contribution is 2.39. The van der Waals surface area contributed by atoms with Crippen molar-refractivity contribution in [1.29, 1.82) is 0 Å². The standard InChI is InChI=1S/C39H36ClF2N7O2/c1-24-8-4-11-26(44-24)20-33(41)38(50)49-19-18-48(22-28(49)21-43-2)37-31-16-15-30(29-13-5-9-25-10-6-14-32(40)34(25)29)35(42)36(31)45-39(46-37)51-23-27-12-7-17-47(27)3/h4-6,8-11,13-16,20,27-28H,7,12,17-19,21-23H2,1,3H3/b33-20-/t27-,28-/m0/s1. The highest BCUT2D eigenvalue weighted by Gasteiger charge is 2.36. The topological polar surface area (TPSA) is 79.0 Å². The van der Waals surface area contributed by atoms with Gasteiger partial charge in [0.15, 0.2) is 11.6 Å². The number of aryl methyl sites for hydroxylation is 1. The fraction of sp³-hybridized carbons (Fsp3) is 0.308. The molecule has 0 bridgehead atoms. The van der Waals surface area contributed by atoms with Crippen LogP contribution in [0.3, 0.4) is 0 Å². The Kier molecular flexibility index (Phi) is 9.80. The lowest BCUT2D eigenvalue weighted by atomic mass is 9.96. The number of anilines is 1. The number of ether oxygens (including phenoxy) is 1. The Morgan fingerprint density at radius 3 is 2.59 bits per heavy atom. The van der Waals surface area contributed by atoms with E-state index in [-0.39, 0.29) is 43.7 Å². The molecule has 0 spiro atoms. The van der Waals surface area contributed by atoms with Crippen LogP contribution >= 0.6 is 11.6 Å². The smallest absolute Gasteiger partial charge is 0.319 e. The summed E-state index contributed by atoms with van der Waals surface area (Å²) < 4.78 is 38.3. The molecule has 9 nitrogen and oxygen atoms in total. The predicted octanol–water partition coefficient (Wildman–Crippen LogP) is 7.37. The van der Waals surface area contributed by atoms with Gasteiger partial charge in [-0.3, -0.25) is 9.78 Å². The van der Waals surface area contributed by atoms with E-state index in [9.17, 15) is 4.79 Å². The van der Waals surface area contributed by atoms with Crippen molar-refractivity contribution in [3.05, 3.63) is 106 Å². The van der Waals surface area contributed by atoms with Gasteiger partial charge in [0.05, 0.1) is 5.69 Å². The predicted molar refractivity (Wildman–Crippen MR) is 196 cm³/mol. The number of benzene rings is 3. The summed E-state index contributed by atoms with van der Waals surface area (Å²) in [6, 6.07) is 19.4. The van der Waals surface area contributed by atoms with Gasteiger partial charge in [0, 0.05) is 58.8 Å². The number of piperazine rings is 1. The maximum atomic E-state index is 16.8. The fourth-order valence-electron chi connectivity index (χ4n) is 7.07. The molecule has 1 amide bonds. The molecule has 7 rings (SSSR count). The number of likely N-dealkylation sites (tertiary alicyclic amines) is 1. The number of amides is 1. The van der Waals surface area contributed by atoms with E-state index >= 15 is 8.78 Å². The highest BCUT2D eigenvalue weighted by atomic mass is 35.5. The molecule has 2 aliphatic rings. The van der Waals surface area contributed by atoms with Crippen LogP contribution < -0.4 is 9.64 Å². The quantitative estimate of drug-likeness (QED) is 0.123. The van der Waals surface area contributed by atoms with Crippen LogP contribution in [0.5, 0.6) is 6.01 Å². The second-order valence-electron chi connectivity index (χ2n) is 13.0. The minimum absolute atomic E-state index is 0.0321. The van der Waals surface area contributed by atoms with Crippen LogP contribution in [-0.2, 0) is 4.79 Å². The monoisotopic (exact) mass is 707 g/mol. The summed E-state index contributed by atoms with van der Waals surface area (Å²) in [5.41, 5.74) is 2.07. The maximum Gasteiger partial charge on any atom is 0.319 e. The molecule has 2 saturated heterocycles. The molecule has 0 saturated carbocycles. The van der Waals surface area contributed by atoms with Crippen molar-refractivity contribution in [2.75, 3.05) is 51.3 Å². The number of aromatic nitrogens is 3. The van der Waals surface area contributed by atoms with Gasteiger partial charge in [0.2, 0.25) is 6.54 Å². The van der Waals surface area contributed by atoms with E-state index in [4.69, 9.17) is 27.9 Å². The summed E-state index contributed by atoms with van der Waals surface area (Å²) in [6.07, 6.45) is 3.14. The molecule has 2 fully saturated rings. The van der Waals surface area contributed by atoms with Gasteiger partial charge in [0.1, 0.15) is 24.0 Å². The zero-order valence-corrected chi connectivity index (χ0v) is 29.1. The van der Waals surface area contributed by atoms with Gasteiger partial charge in [0.25, 0.3) is 5.91 Å². The lowest BCUT2D eigenvalue weighted by Gasteiger charge is -2.39. The number of nitrogens with zero attached hydrogens (tertiary/aromatic N) is 7. The van der Waals surface area contributed by atoms with Crippen molar-refractivity contribution in [3.63, 3.8) is 0 Å². The van der Waals surface area contributed by atoms with E-state index in [0.29, 0.717) is 45.3 Å². The molecular weight excluding hydrogens is 672 g/mol. The average Bonchev–Trinajstić information content (AvgIpc) is 3.54. The molecule has 12 heteroatoms. The van der Waals surface area contributed by atoms with Gasteiger partial charge in [-0.05, 0) is 68.6 Å². The number of hydrogen-bond donors (Lipinski definition) is 0. The largest absolute Gasteiger partial charge is 0.462 e. The van der Waals surface area contributed by atoms with Crippen LogP contribution in [0.15, 0.2) is 72.6 Å². The van der Waals surface area contributed by atoms with Crippen LogP contribution in [0.1, 0.15) is 24.2 Å². The first kappa shape index (κ1) is 34.3. The minimum Gasteiger partial charge on any atom is -0.462 e. The fourth-order valence-corrected chi connectivity index (χ4v) is 7.35. The van der Waals surface area contributed by atoms with Gasteiger partial charge >= 0.3 is 6.01 Å². The van der Waals surface area contributed by atoms with Gasteiger partial charge in [-0.15, -0.1) is 0 Å². The summed E-state index contributed by atoms with van der Waals surface area (Å²) in [4.78, 5) is 36.1. The lowest BCUT2D eigenvalue weighted by Crippen LogP contribution is -2.56. The van der Waals surface area contributed by atoms with Crippen LogP contribution in [0.4, 0.5) is 14.6 Å². The van der Waals surface area contributed by atoms with Crippen molar-refractivity contribution in [1.82, 2.24) is 24.8 Å². The molecular formula is C39H36ClF2N7O2. The van der Waals surface area contributed by atoms with Gasteiger partial charge < -0.3 is 24.3 Å². The van der Waals surface area contributed by atoms with Crippen LogP contribution in [0.2, 0.25) is 5.02 Å². The third-order valence-electron chi connectivity index (χ3n) is 9.72. The Morgan fingerprint density at radius 2 is 1.82 bits per heavy atom. The first-order chi connectivity index (χ1) is 24.7. The number of fused-ring (bicyclic) bond motifs is 2. The van der Waals surface area contributed by atoms with Crippen molar-refractivity contribution >= 4 is 51.1 Å². The van der Waals surface area contributed by atoms with Crippen molar-refractivity contribution in [3.8, 4) is 17.1 Å². The van der Waals surface area contributed by atoms with E-state index in [2.05, 4.69) is 19.7 Å². The first-order valence-electron chi connectivity index (χ1n) is 16.9.